The number of carbonyl (C=O) groups is 2. The Balaban J connectivity index is -0.00000112. The number of unbranched alkanes of at least 4 members (excludes halogenated alkanes) is 3. The van der Waals surface area contributed by atoms with Gasteiger partial charge < -0.3 is 19.8 Å². The van der Waals surface area contributed by atoms with Crippen molar-refractivity contribution in [2.24, 2.45) is 11.3 Å². The Morgan fingerprint density at radius 3 is 1.89 bits per heavy atom. The van der Waals surface area contributed by atoms with Crippen LogP contribution in [0, 0.1) is 11.3 Å². The van der Waals surface area contributed by atoms with Gasteiger partial charge in [0, 0.05) is 5.41 Å². The molecule has 6 heteroatoms. The number of hydrogen-bond donors (Lipinski definition) is 0. The van der Waals surface area contributed by atoms with Gasteiger partial charge in [-0.3, -0.25) is 0 Å². The molecule has 0 aliphatic carbocycles. The third kappa shape index (κ3) is 6.63. The van der Waals surface area contributed by atoms with E-state index in [1.807, 2.05) is 0 Å². The zero-order valence-electron chi connectivity index (χ0n) is 12.2. The second kappa shape index (κ2) is 11.4. The largest absolute Gasteiger partial charge is 1.00 e. The molecule has 0 aliphatic heterocycles. The summed E-state index contributed by atoms with van der Waals surface area (Å²) in [7, 11) is 0. The van der Waals surface area contributed by atoms with Crippen molar-refractivity contribution in [2.75, 3.05) is 0 Å². The molecule has 0 aliphatic rings. The van der Waals surface area contributed by atoms with Crippen molar-refractivity contribution < 1.29 is 68.2 Å². The predicted octanol–water partition coefficient (Wildman–Crippen LogP) is -5.89. The first-order valence-corrected chi connectivity index (χ1v) is 5.80. The molecule has 0 bridgehead atoms. The van der Waals surface area contributed by atoms with E-state index in [9.17, 15) is 19.8 Å². The number of aliphatic carboxylic acids is 2. The van der Waals surface area contributed by atoms with E-state index in [0.717, 1.165) is 25.7 Å². The summed E-state index contributed by atoms with van der Waals surface area (Å²) in [5.74, 6) is -3.59. The van der Waals surface area contributed by atoms with Crippen molar-refractivity contribution in [3.63, 3.8) is 0 Å². The van der Waals surface area contributed by atoms with Gasteiger partial charge in [-0.2, -0.15) is 0 Å². The van der Waals surface area contributed by atoms with Gasteiger partial charge in [0.05, 0.1) is 11.9 Å². The molecule has 0 spiro atoms. The number of hydrogen-bond acceptors (Lipinski definition) is 4. The molecule has 1 atom stereocenters. The molecule has 0 fully saturated rings. The molecule has 0 amide bonds. The average molecular weight is 258 g/mol. The molecule has 0 aromatic heterocycles. The van der Waals surface area contributed by atoms with Gasteiger partial charge in [0.1, 0.15) is 0 Å². The van der Waals surface area contributed by atoms with Crippen LogP contribution in [0.1, 0.15) is 52.9 Å². The van der Waals surface area contributed by atoms with Crippen LogP contribution in [0.2, 0.25) is 0 Å². The van der Waals surface area contributed by atoms with Crippen LogP contribution in [0.4, 0.5) is 0 Å². The number of carboxylic acid groups (broad SMARTS) is 2. The maximum absolute atomic E-state index is 10.9. The Morgan fingerprint density at radius 2 is 1.56 bits per heavy atom. The molecule has 0 heterocycles. The van der Waals surface area contributed by atoms with Gasteiger partial charge in [-0.25, -0.2) is 0 Å². The molecular weight excluding hydrogens is 238 g/mol. The van der Waals surface area contributed by atoms with E-state index in [2.05, 4.69) is 6.92 Å². The van der Waals surface area contributed by atoms with Crippen LogP contribution in [-0.2, 0) is 9.59 Å². The monoisotopic (exact) mass is 258 g/mol. The van der Waals surface area contributed by atoms with Crippen LogP contribution in [-0.4, -0.2) is 11.9 Å². The van der Waals surface area contributed by atoms with Crippen molar-refractivity contribution >= 4 is 11.9 Å². The zero-order valence-corrected chi connectivity index (χ0v) is 14.2. The minimum absolute atomic E-state index is 0. The van der Waals surface area contributed by atoms with E-state index in [1.54, 1.807) is 6.92 Å². The molecule has 0 aromatic rings. The van der Waals surface area contributed by atoms with Crippen LogP contribution < -0.4 is 58.6 Å². The standard InChI is InChI=1S/C12H22O4.Li.Na/c1-4-5-6-7-8-9(2)12(3,10(13)14)11(15)16;;/h9H,4-8H2,1-3H3,(H,13,14)(H,15,16);;/q;2*+1/p-2. The summed E-state index contributed by atoms with van der Waals surface area (Å²) in [5, 5.41) is 21.7. The summed E-state index contributed by atoms with van der Waals surface area (Å²) in [6.07, 6.45) is 4.58. The minimum atomic E-state index is -1.88. The molecule has 4 nitrogen and oxygen atoms in total. The molecule has 0 radical (unpaired) electrons. The van der Waals surface area contributed by atoms with Gasteiger partial charge in [0.25, 0.3) is 0 Å². The second-order valence-corrected chi connectivity index (χ2v) is 4.53. The SMILES string of the molecule is CCCCCCC(C)C(C)(C(=O)[O-])C(=O)[O-].[Li+].[Na+]. The smallest absolute Gasteiger partial charge is 0.549 e. The molecule has 0 saturated heterocycles. The van der Waals surface area contributed by atoms with Crippen molar-refractivity contribution in [2.45, 2.75) is 52.9 Å². The Morgan fingerprint density at radius 1 is 1.11 bits per heavy atom. The normalized spacial score (nSPS) is 11.9. The summed E-state index contributed by atoms with van der Waals surface area (Å²) in [6, 6.07) is 0. The third-order valence-electron chi connectivity index (χ3n) is 3.32. The number of carbonyl (C=O) groups excluding carboxylic acids is 2. The first-order chi connectivity index (χ1) is 7.37. The van der Waals surface area contributed by atoms with Crippen LogP contribution >= 0.6 is 0 Å². The summed E-state index contributed by atoms with van der Waals surface area (Å²) >= 11 is 0. The van der Waals surface area contributed by atoms with Crippen LogP contribution in [0.3, 0.4) is 0 Å². The second-order valence-electron chi connectivity index (χ2n) is 4.53. The van der Waals surface area contributed by atoms with Crippen molar-refractivity contribution in [3.8, 4) is 0 Å². The average Bonchev–Trinajstić information content (AvgIpc) is 2.22. The molecule has 94 valence electrons. The van der Waals surface area contributed by atoms with E-state index < -0.39 is 23.3 Å². The van der Waals surface area contributed by atoms with Gasteiger partial charge >= 0.3 is 48.4 Å². The fourth-order valence-corrected chi connectivity index (χ4v) is 1.65. The predicted molar refractivity (Wildman–Crippen MR) is 56.0 cm³/mol. The molecule has 0 saturated carbocycles. The molecule has 18 heavy (non-hydrogen) atoms. The van der Waals surface area contributed by atoms with Crippen molar-refractivity contribution in [1.29, 1.82) is 0 Å². The Kier molecular flexibility index (Phi) is 14.9. The molecule has 0 aromatic carbocycles. The number of rotatable bonds is 8. The van der Waals surface area contributed by atoms with E-state index in [4.69, 9.17) is 0 Å². The van der Waals surface area contributed by atoms with Gasteiger partial charge in [-0.05, 0) is 19.3 Å². The van der Waals surface area contributed by atoms with Gasteiger partial charge in [0.2, 0.25) is 0 Å². The van der Waals surface area contributed by atoms with Crippen LogP contribution in [0.15, 0.2) is 0 Å². The fraction of sp³-hybridized carbons (Fsp3) is 0.833. The van der Waals surface area contributed by atoms with E-state index in [0.29, 0.717) is 6.42 Å². The molecular formula is C12H20LiNaO4. The topological polar surface area (TPSA) is 80.3 Å². The van der Waals surface area contributed by atoms with Crippen molar-refractivity contribution in [3.05, 3.63) is 0 Å². The van der Waals surface area contributed by atoms with E-state index >= 15 is 0 Å². The molecule has 0 rings (SSSR count). The summed E-state index contributed by atoms with van der Waals surface area (Å²) in [5.41, 5.74) is -1.88. The molecule has 0 N–H and O–H groups in total. The van der Waals surface area contributed by atoms with Crippen LogP contribution in [0.25, 0.3) is 0 Å². The maximum Gasteiger partial charge on any atom is 1.00 e. The van der Waals surface area contributed by atoms with Gasteiger partial charge in [-0.1, -0.05) is 39.5 Å². The summed E-state index contributed by atoms with van der Waals surface area (Å²) in [6.45, 7) is 4.87. The minimum Gasteiger partial charge on any atom is -0.549 e. The Bertz CT molecular complexity index is 244. The van der Waals surface area contributed by atoms with Gasteiger partial charge in [0.15, 0.2) is 0 Å². The zero-order chi connectivity index (χ0) is 12.8. The van der Waals surface area contributed by atoms with Crippen LogP contribution in [0.5, 0.6) is 0 Å². The third-order valence-corrected chi connectivity index (χ3v) is 3.32. The van der Waals surface area contributed by atoms with Crippen molar-refractivity contribution in [1.82, 2.24) is 0 Å². The Hall–Kier alpha value is 0.537. The fourth-order valence-electron chi connectivity index (χ4n) is 1.65. The first-order valence-electron chi connectivity index (χ1n) is 5.80. The van der Waals surface area contributed by atoms with E-state index in [1.165, 1.54) is 6.92 Å². The van der Waals surface area contributed by atoms with E-state index in [-0.39, 0.29) is 48.4 Å². The maximum atomic E-state index is 10.9. The molecule has 1 unspecified atom stereocenters. The summed E-state index contributed by atoms with van der Waals surface area (Å²) in [4.78, 5) is 21.7. The van der Waals surface area contributed by atoms with Gasteiger partial charge in [-0.15, -0.1) is 0 Å². The summed E-state index contributed by atoms with van der Waals surface area (Å²) < 4.78 is 0. The quantitative estimate of drug-likeness (QED) is 0.247. The first kappa shape index (κ1) is 23.6. The Labute approximate surface area is 143 Å². The number of carboxylic acids is 2.